The number of methoxy groups -OCH3 is 1. The fourth-order valence-electron chi connectivity index (χ4n) is 3.04. The van der Waals surface area contributed by atoms with Crippen LogP contribution in [0.3, 0.4) is 0 Å². The first-order valence-corrected chi connectivity index (χ1v) is 12.5. The molecule has 1 N–H and O–H groups in total. The monoisotopic (exact) mass is 546 g/mol. The number of hydrogen-bond donors (Lipinski definition) is 1. The van der Waals surface area contributed by atoms with Crippen molar-refractivity contribution in [1.82, 2.24) is 10.2 Å². The lowest BCUT2D eigenvalue weighted by Gasteiger charge is -2.14. The van der Waals surface area contributed by atoms with Crippen LogP contribution in [0.1, 0.15) is 24.4 Å². The zero-order valence-corrected chi connectivity index (χ0v) is 22.2. The molecule has 0 saturated heterocycles. The number of halogens is 2. The van der Waals surface area contributed by atoms with Crippen LogP contribution in [0.5, 0.6) is 17.2 Å². The third kappa shape index (κ3) is 7.59. The second-order valence-corrected chi connectivity index (χ2v) is 9.76. The van der Waals surface area contributed by atoms with Crippen LogP contribution < -0.4 is 19.5 Å². The van der Waals surface area contributed by atoms with Gasteiger partial charge in [-0.15, -0.1) is 10.2 Å². The smallest absolute Gasteiger partial charge is 0.268 e. The van der Waals surface area contributed by atoms with Gasteiger partial charge >= 0.3 is 0 Å². The van der Waals surface area contributed by atoms with Crippen molar-refractivity contribution in [3.05, 3.63) is 62.6 Å². The summed E-state index contributed by atoms with van der Waals surface area (Å²) in [7, 11) is 1.47. The molecular formula is C25H24Cl2N4O4S. The highest BCUT2D eigenvalue weighted by molar-refractivity contribution is 7.15. The van der Waals surface area contributed by atoms with Crippen molar-refractivity contribution in [2.75, 3.05) is 25.6 Å². The van der Waals surface area contributed by atoms with E-state index in [2.05, 4.69) is 29.4 Å². The van der Waals surface area contributed by atoms with Crippen LogP contribution in [-0.2, 0) is 11.2 Å². The predicted octanol–water partition coefficient (Wildman–Crippen LogP) is 6.06. The zero-order chi connectivity index (χ0) is 26.1. The maximum atomic E-state index is 12.6. The zero-order valence-electron chi connectivity index (χ0n) is 19.9. The molecule has 0 radical (unpaired) electrons. The Bertz CT molecular complexity index is 1290. The Morgan fingerprint density at radius 1 is 1.14 bits per heavy atom. The van der Waals surface area contributed by atoms with E-state index in [4.69, 9.17) is 37.4 Å². The van der Waals surface area contributed by atoms with Crippen LogP contribution in [-0.4, -0.2) is 36.4 Å². The molecule has 0 atom stereocenters. The minimum absolute atomic E-state index is 0.129. The molecule has 0 aliphatic heterocycles. The Hall–Kier alpha value is -3.32. The molecule has 0 saturated carbocycles. The van der Waals surface area contributed by atoms with Crippen molar-refractivity contribution in [2.45, 2.75) is 20.3 Å². The lowest BCUT2D eigenvalue weighted by molar-refractivity contribution is -0.112. The van der Waals surface area contributed by atoms with Crippen molar-refractivity contribution >= 4 is 51.7 Å². The third-order valence-electron chi connectivity index (χ3n) is 4.62. The molecule has 8 nitrogen and oxygen atoms in total. The number of benzene rings is 2. The lowest BCUT2D eigenvalue weighted by atomic mass is 10.1. The maximum absolute atomic E-state index is 12.6. The molecule has 0 unspecified atom stereocenters. The summed E-state index contributed by atoms with van der Waals surface area (Å²) in [6.45, 7) is 4.55. The van der Waals surface area contributed by atoms with E-state index >= 15 is 0 Å². The normalized spacial score (nSPS) is 11.2. The molecule has 0 bridgehead atoms. The van der Waals surface area contributed by atoms with Crippen LogP contribution >= 0.6 is 34.5 Å². The maximum Gasteiger partial charge on any atom is 0.268 e. The molecule has 0 aliphatic rings. The standard InChI is InChI=1S/C25H24Cl2N4O4S/c1-15(2)10-22-30-31-25(36-22)29-24(32)17(14-28)11-16-12-19(27)23(21(13-16)33-3)35-9-8-34-20-7-5-4-6-18(20)26/h4-7,11-13,15H,8-10H2,1-3H3,(H,29,31,32). The molecule has 188 valence electrons. The van der Waals surface area contributed by atoms with Gasteiger partial charge < -0.3 is 14.2 Å². The van der Waals surface area contributed by atoms with Crippen molar-refractivity contribution in [3.8, 4) is 23.3 Å². The Kier molecular flexibility index (Phi) is 9.94. The van der Waals surface area contributed by atoms with Crippen LogP contribution in [0, 0.1) is 17.2 Å². The summed E-state index contributed by atoms with van der Waals surface area (Å²) in [5.74, 6) is 1.02. The largest absolute Gasteiger partial charge is 0.493 e. The van der Waals surface area contributed by atoms with Crippen molar-refractivity contribution in [3.63, 3.8) is 0 Å². The number of rotatable bonds is 11. The molecule has 3 aromatic rings. The Morgan fingerprint density at radius 3 is 2.58 bits per heavy atom. The highest BCUT2D eigenvalue weighted by atomic mass is 35.5. The molecular weight excluding hydrogens is 523 g/mol. The average Bonchev–Trinajstić information content (AvgIpc) is 3.27. The first-order valence-electron chi connectivity index (χ1n) is 10.9. The summed E-state index contributed by atoms with van der Waals surface area (Å²) in [6.07, 6.45) is 2.16. The second-order valence-electron chi connectivity index (χ2n) is 7.88. The number of nitrogens with one attached hydrogen (secondary N) is 1. The number of aromatic nitrogens is 2. The SMILES string of the molecule is COc1cc(C=C(C#N)C(=O)Nc2nnc(CC(C)C)s2)cc(Cl)c1OCCOc1ccccc1Cl. The van der Waals surface area contributed by atoms with Gasteiger partial charge in [-0.25, -0.2) is 0 Å². The first-order chi connectivity index (χ1) is 17.3. The summed E-state index contributed by atoms with van der Waals surface area (Å²) >= 11 is 13.8. The van der Waals surface area contributed by atoms with E-state index in [1.165, 1.54) is 24.5 Å². The number of carbonyl (C=O) groups excluding carboxylic acids is 1. The van der Waals surface area contributed by atoms with Gasteiger partial charge in [-0.1, -0.05) is 60.5 Å². The third-order valence-corrected chi connectivity index (χ3v) is 6.08. The van der Waals surface area contributed by atoms with E-state index in [1.807, 2.05) is 18.2 Å². The number of para-hydroxylation sites is 1. The number of ether oxygens (including phenoxy) is 3. The number of anilines is 1. The summed E-state index contributed by atoms with van der Waals surface area (Å²) in [5.41, 5.74) is 0.358. The lowest BCUT2D eigenvalue weighted by Crippen LogP contribution is -2.13. The molecule has 11 heteroatoms. The van der Waals surface area contributed by atoms with Crippen LogP contribution in [0.15, 0.2) is 42.0 Å². The molecule has 0 spiro atoms. The van der Waals surface area contributed by atoms with Gasteiger partial charge in [-0.05, 0) is 41.8 Å². The van der Waals surface area contributed by atoms with Crippen molar-refractivity contribution in [1.29, 1.82) is 5.26 Å². The minimum Gasteiger partial charge on any atom is -0.493 e. The number of nitrogens with zero attached hydrogens (tertiary/aromatic N) is 3. The molecule has 2 aromatic carbocycles. The van der Waals surface area contributed by atoms with Crippen LogP contribution in [0.25, 0.3) is 6.08 Å². The summed E-state index contributed by atoms with van der Waals surface area (Å²) in [5, 5.41) is 22.1. The van der Waals surface area contributed by atoms with Gasteiger partial charge in [-0.3, -0.25) is 10.1 Å². The van der Waals surface area contributed by atoms with E-state index in [9.17, 15) is 10.1 Å². The average molecular weight is 547 g/mol. The Balaban J connectivity index is 1.68. The van der Waals surface area contributed by atoms with Gasteiger partial charge in [0.2, 0.25) is 5.13 Å². The molecule has 0 aliphatic carbocycles. The first kappa shape index (κ1) is 27.3. The van der Waals surface area contributed by atoms with E-state index in [-0.39, 0.29) is 23.8 Å². The van der Waals surface area contributed by atoms with Gasteiger partial charge in [-0.2, -0.15) is 5.26 Å². The number of nitriles is 1. The second kappa shape index (κ2) is 13.1. The van der Waals surface area contributed by atoms with Gasteiger partial charge in [0, 0.05) is 6.42 Å². The fourth-order valence-corrected chi connectivity index (χ4v) is 4.45. The fraction of sp³-hybridized carbons (Fsp3) is 0.280. The molecule has 1 aromatic heterocycles. The minimum atomic E-state index is -0.600. The molecule has 3 rings (SSSR count). The van der Waals surface area contributed by atoms with Gasteiger partial charge in [0.05, 0.1) is 17.2 Å². The molecule has 1 amide bonds. The van der Waals surface area contributed by atoms with Crippen LogP contribution in [0.2, 0.25) is 10.0 Å². The predicted molar refractivity (Wildman–Crippen MR) is 141 cm³/mol. The van der Waals surface area contributed by atoms with E-state index in [0.29, 0.717) is 38.9 Å². The molecule has 1 heterocycles. The Morgan fingerprint density at radius 2 is 1.89 bits per heavy atom. The summed E-state index contributed by atoms with van der Waals surface area (Å²) < 4.78 is 16.8. The topological polar surface area (TPSA) is 106 Å². The van der Waals surface area contributed by atoms with E-state index in [1.54, 1.807) is 24.3 Å². The number of carbonyl (C=O) groups is 1. The van der Waals surface area contributed by atoms with Gasteiger partial charge in [0.1, 0.15) is 35.6 Å². The van der Waals surface area contributed by atoms with Crippen LogP contribution in [0.4, 0.5) is 5.13 Å². The van der Waals surface area contributed by atoms with E-state index < -0.39 is 5.91 Å². The summed E-state index contributed by atoms with van der Waals surface area (Å²) in [4.78, 5) is 12.6. The summed E-state index contributed by atoms with van der Waals surface area (Å²) in [6, 6.07) is 12.2. The number of amides is 1. The van der Waals surface area contributed by atoms with E-state index in [0.717, 1.165) is 11.4 Å². The Labute approximate surface area is 223 Å². The van der Waals surface area contributed by atoms with Gasteiger partial charge in [0.15, 0.2) is 11.5 Å². The highest BCUT2D eigenvalue weighted by Crippen LogP contribution is 2.37. The molecule has 36 heavy (non-hydrogen) atoms. The number of hydrogen-bond acceptors (Lipinski definition) is 8. The van der Waals surface area contributed by atoms with Gasteiger partial charge in [0.25, 0.3) is 5.91 Å². The molecule has 0 fully saturated rings. The quantitative estimate of drug-likeness (QED) is 0.177. The van der Waals surface area contributed by atoms with Crippen molar-refractivity contribution in [2.24, 2.45) is 5.92 Å². The highest BCUT2D eigenvalue weighted by Gasteiger charge is 2.16. The van der Waals surface area contributed by atoms with Crippen molar-refractivity contribution < 1.29 is 19.0 Å².